The second-order valence-corrected chi connectivity index (χ2v) is 3.17. The molecule has 14 heavy (non-hydrogen) atoms. The number of aromatic nitrogens is 2. The molecule has 1 N–H and O–H groups in total. The van der Waals surface area contributed by atoms with E-state index in [9.17, 15) is 0 Å². The first kappa shape index (κ1) is 10.8. The van der Waals surface area contributed by atoms with Gasteiger partial charge < -0.3 is 5.11 Å². The highest BCUT2D eigenvalue weighted by Crippen LogP contribution is 2.28. The molecular formula is C7H10ClN5O. The molecule has 1 unspecified atom stereocenters. The molecule has 0 radical (unpaired) electrons. The van der Waals surface area contributed by atoms with Crippen LogP contribution in [0.25, 0.3) is 10.4 Å². The lowest BCUT2D eigenvalue weighted by molar-refractivity contribution is 0.267. The molecule has 0 aliphatic rings. The average Bonchev–Trinajstić information content (AvgIpc) is 2.39. The number of hydrogen-bond acceptors (Lipinski definition) is 3. The van der Waals surface area contributed by atoms with Crippen LogP contribution in [0, 0.1) is 6.92 Å². The Bertz CT molecular complexity index is 382. The van der Waals surface area contributed by atoms with Crippen molar-refractivity contribution in [2.75, 3.05) is 6.61 Å². The molecule has 0 saturated heterocycles. The van der Waals surface area contributed by atoms with Crippen molar-refractivity contribution in [3.05, 3.63) is 26.9 Å². The SMILES string of the molecule is Cc1nn(C)c(Cl)c1C(CO)N=[N+]=[N-]. The van der Waals surface area contributed by atoms with Crippen LogP contribution < -0.4 is 0 Å². The number of nitrogens with zero attached hydrogens (tertiary/aromatic N) is 5. The van der Waals surface area contributed by atoms with E-state index in [4.69, 9.17) is 22.2 Å². The van der Waals surface area contributed by atoms with E-state index in [0.29, 0.717) is 16.4 Å². The minimum atomic E-state index is -0.666. The molecule has 1 atom stereocenters. The molecule has 0 aliphatic carbocycles. The van der Waals surface area contributed by atoms with E-state index in [-0.39, 0.29) is 6.61 Å². The number of aliphatic hydroxyl groups excluding tert-OH is 1. The summed E-state index contributed by atoms with van der Waals surface area (Å²) < 4.78 is 1.47. The summed E-state index contributed by atoms with van der Waals surface area (Å²) in [7, 11) is 1.68. The molecular weight excluding hydrogens is 206 g/mol. The Morgan fingerprint density at radius 3 is 2.79 bits per heavy atom. The second-order valence-electron chi connectivity index (χ2n) is 2.82. The predicted molar refractivity (Wildman–Crippen MR) is 51.9 cm³/mol. The van der Waals surface area contributed by atoms with Gasteiger partial charge in [0.2, 0.25) is 0 Å². The van der Waals surface area contributed by atoms with Crippen LogP contribution in [0.2, 0.25) is 5.15 Å². The summed E-state index contributed by atoms with van der Waals surface area (Å²) in [5, 5.41) is 16.9. The summed E-state index contributed by atoms with van der Waals surface area (Å²) in [6.45, 7) is 1.47. The number of hydrogen-bond donors (Lipinski definition) is 1. The van der Waals surface area contributed by atoms with E-state index in [2.05, 4.69) is 15.1 Å². The summed E-state index contributed by atoms with van der Waals surface area (Å²) in [5.41, 5.74) is 9.53. The fraction of sp³-hybridized carbons (Fsp3) is 0.571. The Labute approximate surface area is 85.7 Å². The normalized spacial score (nSPS) is 12.3. The van der Waals surface area contributed by atoms with Gasteiger partial charge in [-0.2, -0.15) is 5.10 Å². The van der Waals surface area contributed by atoms with Crippen molar-refractivity contribution in [3.8, 4) is 0 Å². The van der Waals surface area contributed by atoms with Crippen LogP contribution in [0.4, 0.5) is 0 Å². The van der Waals surface area contributed by atoms with Gasteiger partial charge in [0.15, 0.2) is 0 Å². The minimum Gasteiger partial charge on any atom is -0.396 e. The van der Waals surface area contributed by atoms with Gasteiger partial charge in [0.1, 0.15) is 5.15 Å². The van der Waals surface area contributed by atoms with Crippen molar-refractivity contribution in [1.82, 2.24) is 9.78 Å². The van der Waals surface area contributed by atoms with E-state index < -0.39 is 6.04 Å². The first-order valence-corrected chi connectivity index (χ1v) is 4.33. The van der Waals surface area contributed by atoms with Gasteiger partial charge in [0.05, 0.1) is 18.3 Å². The van der Waals surface area contributed by atoms with Gasteiger partial charge in [0.25, 0.3) is 0 Å². The number of azide groups is 1. The topological polar surface area (TPSA) is 86.8 Å². The maximum Gasteiger partial charge on any atom is 0.130 e. The number of aryl methyl sites for hydroxylation is 2. The summed E-state index contributed by atoms with van der Waals surface area (Å²) in [5.74, 6) is 0. The van der Waals surface area contributed by atoms with Gasteiger partial charge >= 0.3 is 0 Å². The Morgan fingerprint density at radius 2 is 2.43 bits per heavy atom. The van der Waals surface area contributed by atoms with Crippen molar-refractivity contribution in [2.24, 2.45) is 12.2 Å². The number of aliphatic hydroxyl groups is 1. The maximum atomic E-state index is 9.01. The standard InChI is InChI=1S/C7H10ClN5O/c1-4-6(5(3-14)10-12-9)7(8)13(2)11-4/h5,14H,3H2,1-2H3. The minimum absolute atomic E-state index is 0.281. The quantitative estimate of drug-likeness (QED) is 0.473. The molecule has 7 heteroatoms. The fourth-order valence-electron chi connectivity index (χ4n) is 1.27. The summed E-state index contributed by atoms with van der Waals surface area (Å²) in [4.78, 5) is 2.64. The molecule has 0 aromatic carbocycles. The molecule has 0 spiro atoms. The van der Waals surface area contributed by atoms with Crippen LogP contribution >= 0.6 is 11.6 Å². The first-order valence-electron chi connectivity index (χ1n) is 3.95. The first-order chi connectivity index (χ1) is 6.61. The molecule has 0 fully saturated rings. The lowest BCUT2D eigenvalue weighted by Crippen LogP contribution is -2.01. The van der Waals surface area contributed by atoms with E-state index in [1.807, 2.05) is 0 Å². The van der Waals surface area contributed by atoms with Crippen LogP contribution in [0.3, 0.4) is 0 Å². The Kier molecular flexibility index (Phi) is 3.35. The monoisotopic (exact) mass is 215 g/mol. The third-order valence-corrected chi connectivity index (χ3v) is 2.34. The predicted octanol–water partition coefficient (Wildman–Crippen LogP) is 1.73. The van der Waals surface area contributed by atoms with Gasteiger partial charge in [-0.05, 0) is 12.5 Å². The lowest BCUT2D eigenvalue weighted by Gasteiger charge is -2.06. The Hall–Kier alpha value is -1.23. The van der Waals surface area contributed by atoms with Gasteiger partial charge in [0, 0.05) is 17.5 Å². The Morgan fingerprint density at radius 1 is 1.79 bits per heavy atom. The smallest absolute Gasteiger partial charge is 0.130 e. The van der Waals surface area contributed by atoms with Crippen molar-refractivity contribution in [3.63, 3.8) is 0 Å². The third kappa shape index (κ3) is 1.82. The highest BCUT2D eigenvalue weighted by Gasteiger charge is 2.19. The van der Waals surface area contributed by atoms with Gasteiger partial charge in [-0.1, -0.05) is 16.7 Å². The molecule has 6 nitrogen and oxygen atoms in total. The van der Waals surface area contributed by atoms with E-state index in [0.717, 1.165) is 0 Å². The van der Waals surface area contributed by atoms with Gasteiger partial charge in [-0.25, -0.2) is 0 Å². The van der Waals surface area contributed by atoms with Gasteiger partial charge in [-0.3, -0.25) is 4.68 Å². The van der Waals surface area contributed by atoms with Gasteiger partial charge in [-0.15, -0.1) is 0 Å². The third-order valence-electron chi connectivity index (χ3n) is 1.89. The molecule has 1 aromatic heterocycles. The van der Waals surface area contributed by atoms with Crippen LogP contribution in [0.1, 0.15) is 17.3 Å². The molecule has 1 rings (SSSR count). The van der Waals surface area contributed by atoms with E-state index in [1.54, 1.807) is 14.0 Å². The molecule has 0 amide bonds. The number of halogens is 1. The van der Waals surface area contributed by atoms with Crippen molar-refractivity contribution in [2.45, 2.75) is 13.0 Å². The van der Waals surface area contributed by atoms with Crippen LogP contribution in [0.15, 0.2) is 5.11 Å². The zero-order chi connectivity index (χ0) is 10.7. The molecule has 0 saturated carbocycles. The molecule has 0 aliphatic heterocycles. The van der Waals surface area contributed by atoms with Crippen molar-refractivity contribution >= 4 is 11.6 Å². The summed E-state index contributed by atoms with van der Waals surface area (Å²) in [6, 6.07) is -0.666. The highest BCUT2D eigenvalue weighted by atomic mass is 35.5. The van der Waals surface area contributed by atoms with Crippen molar-refractivity contribution in [1.29, 1.82) is 0 Å². The largest absolute Gasteiger partial charge is 0.396 e. The van der Waals surface area contributed by atoms with E-state index in [1.165, 1.54) is 4.68 Å². The lowest BCUT2D eigenvalue weighted by atomic mass is 10.1. The summed E-state index contributed by atoms with van der Waals surface area (Å²) in [6.07, 6.45) is 0. The zero-order valence-electron chi connectivity index (χ0n) is 7.85. The van der Waals surface area contributed by atoms with Crippen LogP contribution in [-0.4, -0.2) is 21.5 Å². The maximum absolute atomic E-state index is 9.01. The van der Waals surface area contributed by atoms with E-state index >= 15 is 0 Å². The molecule has 1 heterocycles. The van der Waals surface area contributed by atoms with Crippen molar-refractivity contribution < 1.29 is 5.11 Å². The second kappa shape index (κ2) is 4.32. The zero-order valence-corrected chi connectivity index (χ0v) is 8.60. The fourth-order valence-corrected chi connectivity index (χ4v) is 1.57. The highest BCUT2D eigenvalue weighted by molar-refractivity contribution is 6.30. The van der Waals surface area contributed by atoms with Crippen LogP contribution in [0.5, 0.6) is 0 Å². The average molecular weight is 216 g/mol. The molecule has 1 aromatic rings. The molecule has 76 valence electrons. The summed E-state index contributed by atoms with van der Waals surface area (Å²) >= 11 is 5.93. The number of rotatable bonds is 3. The Balaban J connectivity index is 3.21. The van der Waals surface area contributed by atoms with Crippen LogP contribution in [-0.2, 0) is 7.05 Å². The molecule has 0 bridgehead atoms.